The predicted molar refractivity (Wildman–Crippen MR) is 69.9 cm³/mol. The summed E-state index contributed by atoms with van der Waals surface area (Å²) in [5.41, 5.74) is 2.27. The van der Waals surface area contributed by atoms with E-state index in [2.05, 4.69) is 10.1 Å². The highest BCUT2D eigenvalue weighted by Gasteiger charge is 2.13. The first-order chi connectivity index (χ1) is 9.24. The fourth-order valence-corrected chi connectivity index (χ4v) is 1.87. The maximum atomic E-state index is 13.6. The lowest BCUT2D eigenvalue weighted by molar-refractivity contribution is 0.429. The van der Waals surface area contributed by atoms with Crippen molar-refractivity contribution < 1.29 is 8.91 Å². The quantitative estimate of drug-likeness (QED) is 0.697. The molecule has 4 heteroatoms. The summed E-state index contributed by atoms with van der Waals surface area (Å²) < 4.78 is 18.7. The molecule has 0 saturated carbocycles. The van der Waals surface area contributed by atoms with Crippen LogP contribution in [0.15, 0.2) is 53.1 Å². The van der Waals surface area contributed by atoms with Gasteiger partial charge in [-0.1, -0.05) is 41.1 Å². The van der Waals surface area contributed by atoms with E-state index in [0.29, 0.717) is 11.4 Å². The van der Waals surface area contributed by atoms with Crippen LogP contribution < -0.4 is 0 Å². The van der Waals surface area contributed by atoms with E-state index in [9.17, 15) is 4.39 Å². The molecule has 0 fully saturated rings. The Balaban J connectivity index is 2.03. The molecule has 1 heterocycles. The van der Waals surface area contributed by atoms with Crippen LogP contribution in [-0.4, -0.2) is 10.1 Å². The standard InChI is InChI=1S/C15H11FN2O/c1-10-5-4-6-11(9-10)14-17-15(19-18-14)12-7-2-3-8-13(12)16/h2-9H,1H3. The van der Waals surface area contributed by atoms with Crippen molar-refractivity contribution in [1.29, 1.82) is 0 Å². The minimum absolute atomic E-state index is 0.189. The van der Waals surface area contributed by atoms with E-state index in [0.717, 1.165) is 11.1 Å². The van der Waals surface area contributed by atoms with Gasteiger partial charge in [-0.05, 0) is 25.1 Å². The van der Waals surface area contributed by atoms with Crippen molar-refractivity contribution in [2.24, 2.45) is 0 Å². The molecule has 0 spiro atoms. The van der Waals surface area contributed by atoms with Gasteiger partial charge in [-0.2, -0.15) is 4.98 Å². The van der Waals surface area contributed by atoms with E-state index in [-0.39, 0.29) is 11.7 Å². The molecule has 3 rings (SSSR count). The molecule has 2 aromatic carbocycles. The van der Waals surface area contributed by atoms with Crippen molar-refractivity contribution in [2.75, 3.05) is 0 Å². The lowest BCUT2D eigenvalue weighted by atomic mass is 10.1. The molecule has 0 bridgehead atoms. The van der Waals surface area contributed by atoms with E-state index in [1.165, 1.54) is 6.07 Å². The topological polar surface area (TPSA) is 38.9 Å². The molecular formula is C15H11FN2O. The molecule has 19 heavy (non-hydrogen) atoms. The Hall–Kier alpha value is -2.49. The minimum atomic E-state index is -0.373. The molecule has 3 nitrogen and oxygen atoms in total. The van der Waals surface area contributed by atoms with Crippen molar-refractivity contribution in [2.45, 2.75) is 6.92 Å². The third-order valence-corrected chi connectivity index (χ3v) is 2.81. The first kappa shape index (κ1) is 11.6. The predicted octanol–water partition coefficient (Wildman–Crippen LogP) is 3.85. The largest absolute Gasteiger partial charge is 0.334 e. The fourth-order valence-electron chi connectivity index (χ4n) is 1.87. The zero-order chi connectivity index (χ0) is 13.2. The highest BCUT2D eigenvalue weighted by atomic mass is 19.1. The zero-order valence-corrected chi connectivity index (χ0v) is 10.3. The fraction of sp³-hybridized carbons (Fsp3) is 0.0667. The van der Waals surface area contributed by atoms with Gasteiger partial charge in [-0.15, -0.1) is 0 Å². The summed E-state index contributed by atoms with van der Waals surface area (Å²) in [6.07, 6.45) is 0. The summed E-state index contributed by atoms with van der Waals surface area (Å²) in [6, 6.07) is 14.1. The third kappa shape index (κ3) is 2.25. The second-order valence-electron chi connectivity index (χ2n) is 4.27. The van der Waals surface area contributed by atoms with Crippen LogP contribution >= 0.6 is 0 Å². The molecule has 0 aliphatic carbocycles. The number of nitrogens with zero attached hydrogens (tertiary/aromatic N) is 2. The van der Waals surface area contributed by atoms with E-state index in [4.69, 9.17) is 4.52 Å². The smallest absolute Gasteiger partial charge is 0.261 e. The van der Waals surface area contributed by atoms with Crippen molar-refractivity contribution >= 4 is 0 Å². The molecule has 0 radical (unpaired) electrons. The Morgan fingerprint density at radius 3 is 2.68 bits per heavy atom. The highest BCUT2D eigenvalue weighted by molar-refractivity contribution is 5.60. The zero-order valence-electron chi connectivity index (χ0n) is 10.3. The van der Waals surface area contributed by atoms with Gasteiger partial charge in [0.2, 0.25) is 5.82 Å². The maximum absolute atomic E-state index is 13.6. The lowest BCUT2D eigenvalue weighted by Crippen LogP contribution is -1.84. The number of aryl methyl sites for hydroxylation is 1. The molecule has 3 aromatic rings. The van der Waals surface area contributed by atoms with Gasteiger partial charge >= 0.3 is 0 Å². The summed E-state index contributed by atoms with van der Waals surface area (Å²) in [4.78, 5) is 4.23. The molecule has 0 aliphatic heterocycles. The SMILES string of the molecule is Cc1cccc(-c2noc(-c3ccccc3F)n2)c1. The third-order valence-electron chi connectivity index (χ3n) is 2.81. The van der Waals surface area contributed by atoms with Gasteiger partial charge in [0.15, 0.2) is 0 Å². The van der Waals surface area contributed by atoms with Gasteiger partial charge in [0, 0.05) is 5.56 Å². The minimum Gasteiger partial charge on any atom is -0.334 e. The number of aromatic nitrogens is 2. The molecule has 0 aliphatic rings. The Bertz CT molecular complexity index is 721. The molecule has 0 N–H and O–H groups in total. The molecule has 0 atom stereocenters. The molecule has 0 saturated heterocycles. The lowest BCUT2D eigenvalue weighted by Gasteiger charge is -1.96. The van der Waals surface area contributed by atoms with Gasteiger partial charge in [0.05, 0.1) is 5.56 Å². The highest BCUT2D eigenvalue weighted by Crippen LogP contribution is 2.24. The van der Waals surface area contributed by atoms with Gasteiger partial charge in [0.25, 0.3) is 5.89 Å². The van der Waals surface area contributed by atoms with Crippen LogP contribution in [0.4, 0.5) is 4.39 Å². The number of hydrogen-bond acceptors (Lipinski definition) is 3. The second kappa shape index (κ2) is 4.65. The van der Waals surface area contributed by atoms with Gasteiger partial charge in [-0.3, -0.25) is 0 Å². The molecule has 1 aromatic heterocycles. The van der Waals surface area contributed by atoms with E-state index < -0.39 is 0 Å². The van der Waals surface area contributed by atoms with Gasteiger partial charge in [-0.25, -0.2) is 4.39 Å². The van der Waals surface area contributed by atoms with Crippen LogP contribution in [0, 0.1) is 12.7 Å². The van der Waals surface area contributed by atoms with Crippen molar-refractivity contribution in [3.05, 3.63) is 59.9 Å². The van der Waals surface area contributed by atoms with Crippen LogP contribution in [0.25, 0.3) is 22.8 Å². The summed E-state index contributed by atoms with van der Waals surface area (Å²) in [7, 11) is 0. The number of rotatable bonds is 2. The Labute approximate surface area is 109 Å². The van der Waals surface area contributed by atoms with E-state index >= 15 is 0 Å². The van der Waals surface area contributed by atoms with Crippen molar-refractivity contribution in [3.63, 3.8) is 0 Å². The van der Waals surface area contributed by atoms with Gasteiger partial charge < -0.3 is 4.52 Å². The number of halogens is 1. The van der Waals surface area contributed by atoms with Crippen molar-refractivity contribution in [3.8, 4) is 22.8 Å². The van der Waals surface area contributed by atoms with Crippen LogP contribution in [0.5, 0.6) is 0 Å². The van der Waals surface area contributed by atoms with E-state index in [1.54, 1.807) is 18.2 Å². The average Bonchev–Trinajstić information content (AvgIpc) is 2.89. The Morgan fingerprint density at radius 2 is 1.89 bits per heavy atom. The molecule has 0 amide bonds. The number of benzene rings is 2. The monoisotopic (exact) mass is 254 g/mol. The summed E-state index contributed by atoms with van der Waals surface area (Å²) in [5.74, 6) is 0.276. The first-order valence-corrected chi connectivity index (χ1v) is 5.90. The van der Waals surface area contributed by atoms with Crippen LogP contribution in [-0.2, 0) is 0 Å². The molecule has 94 valence electrons. The van der Waals surface area contributed by atoms with E-state index in [1.807, 2.05) is 31.2 Å². The average molecular weight is 254 g/mol. The summed E-state index contributed by atoms with van der Waals surface area (Å²) >= 11 is 0. The normalized spacial score (nSPS) is 10.6. The van der Waals surface area contributed by atoms with Crippen LogP contribution in [0.3, 0.4) is 0 Å². The Morgan fingerprint density at radius 1 is 1.05 bits per heavy atom. The Kier molecular flexibility index (Phi) is 2.83. The molecular weight excluding hydrogens is 243 g/mol. The maximum Gasteiger partial charge on any atom is 0.261 e. The van der Waals surface area contributed by atoms with Crippen LogP contribution in [0.1, 0.15) is 5.56 Å². The first-order valence-electron chi connectivity index (χ1n) is 5.90. The summed E-state index contributed by atoms with van der Waals surface area (Å²) in [5, 5.41) is 3.89. The van der Waals surface area contributed by atoms with Crippen LogP contribution in [0.2, 0.25) is 0 Å². The van der Waals surface area contributed by atoms with Gasteiger partial charge in [0.1, 0.15) is 5.82 Å². The number of hydrogen-bond donors (Lipinski definition) is 0. The summed E-state index contributed by atoms with van der Waals surface area (Å²) in [6.45, 7) is 1.99. The van der Waals surface area contributed by atoms with Crippen molar-refractivity contribution in [1.82, 2.24) is 10.1 Å². The second-order valence-corrected chi connectivity index (χ2v) is 4.27. The molecule has 0 unspecified atom stereocenters.